The summed E-state index contributed by atoms with van der Waals surface area (Å²) in [5.74, 6) is 2.41. The maximum Gasteiger partial charge on any atom is 0.161 e. The van der Waals surface area contributed by atoms with Gasteiger partial charge in [0.15, 0.2) is 11.5 Å². The zero-order chi connectivity index (χ0) is 14.4. The smallest absolute Gasteiger partial charge is 0.161 e. The molecule has 1 aliphatic carbocycles. The summed E-state index contributed by atoms with van der Waals surface area (Å²) >= 11 is 0. The number of ether oxygens (including phenoxy) is 2. The Balaban J connectivity index is 2.15. The molecule has 0 saturated heterocycles. The summed E-state index contributed by atoms with van der Waals surface area (Å²) < 4.78 is 11.8. The van der Waals surface area contributed by atoms with E-state index < -0.39 is 0 Å². The molecular formula is C17H27NO2. The molecule has 0 heterocycles. The molecule has 1 aromatic rings. The van der Waals surface area contributed by atoms with Crippen LogP contribution < -0.4 is 14.8 Å². The van der Waals surface area contributed by atoms with Crippen LogP contribution in [-0.2, 0) is 6.54 Å². The van der Waals surface area contributed by atoms with Crippen molar-refractivity contribution in [3.05, 3.63) is 23.8 Å². The third-order valence-corrected chi connectivity index (χ3v) is 4.25. The maximum atomic E-state index is 6.32. The van der Waals surface area contributed by atoms with E-state index in [2.05, 4.69) is 24.4 Å². The van der Waals surface area contributed by atoms with Crippen LogP contribution >= 0.6 is 0 Å². The van der Waals surface area contributed by atoms with Gasteiger partial charge in [0.1, 0.15) is 6.10 Å². The zero-order valence-corrected chi connectivity index (χ0v) is 12.9. The van der Waals surface area contributed by atoms with Crippen LogP contribution in [0.4, 0.5) is 0 Å². The predicted molar refractivity (Wildman–Crippen MR) is 82.4 cm³/mol. The van der Waals surface area contributed by atoms with Crippen LogP contribution in [0, 0.1) is 5.92 Å². The lowest BCUT2D eigenvalue weighted by Crippen LogP contribution is -2.30. The molecule has 1 saturated carbocycles. The highest BCUT2D eigenvalue weighted by Gasteiger charge is 2.26. The van der Waals surface area contributed by atoms with Gasteiger partial charge in [-0.1, -0.05) is 19.4 Å². The van der Waals surface area contributed by atoms with Crippen molar-refractivity contribution in [2.45, 2.75) is 51.7 Å². The number of benzene rings is 1. The first kappa shape index (κ1) is 15.2. The molecule has 112 valence electrons. The highest BCUT2D eigenvalue weighted by atomic mass is 16.5. The molecule has 0 aromatic heterocycles. The van der Waals surface area contributed by atoms with E-state index in [1.165, 1.54) is 31.2 Å². The van der Waals surface area contributed by atoms with Crippen LogP contribution in [-0.4, -0.2) is 20.3 Å². The first-order chi connectivity index (χ1) is 9.78. The summed E-state index contributed by atoms with van der Waals surface area (Å²) in [7, 11) is 3.66. The van der Waals surface area contributed by atoms with Gasteiger partial charge in [-0.05, 0) is 56.3 Å². The Morgan fingerprint density at radius 2 is 2.00 bits per heavy atom. The van der Waals surface area contributed by atoms with Crippen molar-refractivity contribution >= 4 is 0 Å². The largest absolute Gasteiger partial charge is 0.493 e. The van der Waals surface area contributed by atoms with Gasteiger partial charge in [0.2, 0.25) is 0 Å². The first-order valence-electron chi connectivity index (χ1n) is 7.76. The molecule has 1 N–H and O–H groups in total. The van der Waals surface area contributed by atoms with E-state index in [0.717, 1.165) is 24.5 Å². The minimum absolute atomic E-state index is 0.340. The molecule has 3 heteroatoms. The average Bonchev–Trinajstić information content (AvgIpc) is 2.48. The molecule has 20 heavy (non-hydrogen) atoms. The van der Waals surface area contributed by atoms with Gasteiger partial charge in [0, 0.05) is 6.54 Å². The van der Waals surface area contributed by atoms with Crippen LogP contribution in [0.3, 0.4) is 0 Å². The quantitative estimate of drug-likeness (QED) is 0.858. The molecule has 0 amide bonds. The van der Waals surface area contributed by atoms with Crippen LogP contribution in [0.2, 0.25) is 0 Å². The van der Waals surface area contributed by atoms with E-state index in [1.807, 2.05) is 13.1 Å². The van der Waals surface area contributed by atoms with Crippen molar-refractivity contribution in [1.82, 2.24) is 5.32 Å². The molecule has 0 radical (unpaired) electrons. The lowest BCUT2D eigenvalue weighted by molar-refractivity contribution is 0.0872. The Morgan fingerprint density at radius 1 is 1.20 bits per heavy atom. The molecular weight excluding hydrogens is 250 g/mol. The van der Waals surface area contributed by atoms with E-state index in [-0.39, 0.29) is 0 Å². The molecule has 1 aromatic carbocycles. The first-order valence-corrected chi connectivity index (χ1v) is 7.76. The second-order valence-electron chi connectivity index (χ2n) is 5.62. The molecule has 0 aliphatic heterocycles. The standard InChI is InChI=1S/C17H27NO2/c1-4-14-7-5-6-8-15(14)20-17-11-13(12-18-2)9-10-16(17)19-3/h9-11,14-15,18H,4-8,12H2,1-3H3. The monoisotopic (exact) mass is 277 g/mol. The van der Waals surface area contributed by atoms with Gasteiger partial charge < -0.3 is 14.8 Å². The molecule has 1 aliphatic rings. The summed E-state index contributed by atoms with van der Waals surface area (Å²) in [5.41, 5.74) is 1.23. The second kappa shape index (κ2) is 7.53. The minimum Gasteiger partial charge on any atom is -0.493 e. The van der Waals surface area contributed by atoms with Gasteiger partial charge in [-0.15, -0.1) is 0 Å². The van der Waals surface area contributed by atoms with Gasteiger partial charge in [-0.3, -0.25) is 0 Å². The van der Waals surface area contributed by atoms with E-state index in [1.54, 1.807) is 7.11 Å². The van der Waals surface area contributed by atoms with Gasteiger partial charge in [-0.2, -0.15) is 0 Å². The number of hydrogen-bond donors (Lipinski definition) is 1. The fourth-order valence-electron chi connectivity index (χ4n) is 3.09. The van der Waals surface area contributed by atoms with Crippen molar-refractivity contribution in [1.29, 1.82) is 0 Å². The molecule has 3 nitrogen and oxygen atoms in total. The van der Waals surface area contributed by atoms with Crippen LogP contribution in [0.25, 0.3) is 0 Å². The second-order valence-corrected chi connectivity index (χ2v) is 5.62. The molecule has 2 unspecified atom stereocenters. The van der Waals surface area contributed by atoms with Gasteiger partial charge in [-0.25, -0.2) is 0 Å². The van der Waals surface area contributed by atoms with Crippen molar-refractivity contribution < 1.29 is 9.47 Å². The third-order valence-electron chi connectivity index (χ3n) is 4.25. The lowest BCUT2D eigenvalue weighted by atomic mass is 9.85. The Hall–Kier alpha value is -1.22. The molecule has 0 spiro atoms. The number of hydrogen-bond acceptors (Lipinski definition) is 3. The Kier molecular flexibility index (Phi) is 5.72. The molecule has 0 bridgehead atoms. The number of nitrogens with one attached hydrogen (secondary N) is 1. The van der Waals surface area contributed by atoms with E-state index in [0.29, 0.717) is 12.0 Å². The summed E-state index contributed by atoms with van der Waals surface area (Å²) in [6.07, 6.45) is 6.61. The van der Waals surface area contributed by atoms with Gasteiger partial charge in [0.25, 0.3) is 0 Å². The summed E-state index contributed by atoms with van der Waals surface area (Å²) in [6.45, 7) is 3.11. The predicted octanol–water partition coefficient (Wildman–Crippen LogP) is 3.76. The third kappa shape index (κ3) is 3.66. The average molecular weight is 277 g/mol. The highest BCUT2D eigenvalue weighted by molar-refractivity contribution is 5.43. The fourth-order valence-corrected chi connectivity index (χ4v) is 3.09. The summed E-state index contributed by atoms with van der Waals surface area (Å²) in [4.78, 5) is 0. The molecule has 2 atom stereocenters. The topological polar surface area (TPSA) is 30.5 Å². The maximum absolute atomic E-state index is 6.32. The van der Waals surface area contributed by atoms with Crippen LogP contribution in [0.5, 0.6) is 11.5 Å². The summed E-state index contributed by atoms with van der Waals surface area (Å²) in [5, 5.41) is 3.18. The van der Waals surface area contributed by atoms with Crippen LogP contribution in [0.1, 0.15) is 44.6 Å². The van der Waals surface area contributed by atoms with E-state index >= 15 is 0 Å². The Bertz CT molecular complexity index is 419. The zero-order valence-electron chi connectivity index (χ0n) is 12.9. The van der Waals surface area contributed by atoms with Crippen LogP contribution in [0.15, 0.2) is 18.2 Å². The van der Waals surface area contributed by atoms with Crippen molar-refractivity contribution in [3.63, 3.8) is 0 Å². The SMILES string of the molecule is CCC1CCCCC1Oc1cc(CNC)ccc1OC. The molecule has 2 rings (SSSR count). The number of rotatable bonds is 6. The molecule has 1 fully saturated rings. The normalized spacial score (nSPS) is 22.6. The van der Waals surface area contributed by atoms with Gasteiger partial charge >= 0.3 is 0 Å². The van der Waals surface area contributed by atoms with E-state index in [9.17, 15) is 0 Å². The van der Waals surface area contributed by atoms with E-state index in [4.69, 9.17) is 9.47 Å². The Labute approximate surface area is 122 Å². The van der Waals surface area contributed by atoms with Gasteiger partial charge in [0.05, 0.1) is 7.11 Å². The fraction of sp³-hybridized carbons (Fsp3) is 0.647. The van der Waals surface area contributed by atoms with Crippen molar-refractivity contribution in [3.8, 4) is 11.5 Å². The van der Waals surface area contributed by atoms with Crippen molar-refractivity contribution in [2.75, 3.05) is 14.2 Å². The summed E-state index contributed by atoms with van der Waals surface area (Å²) in [6, 6.07) is 6.20. The minimum atomic E-state index is 0.340. The Morgan fingerprint density at radius 3 is 2.70 bits per heavy atom. The lowest BCUT2D eigenvalue weighted by Gasteiger charge is -2.31. The van der Waals surface area contributed by atoms with Crippen molar-refractivity contribution in [2.24, 2.45) is 5.92 Å². The highest BCUT2D eigenvalue weighted by Crippen LogP contribution is 2.35. The number of methoxy groups -OCH3 is 1.